The monoisotopic (exact) mass is 256 g/mol. The number of primary amides is 1. The van der Waals surface area contributed by atoms with E-state index < -0.39 is 0 Å². The SMILES string of the molecule is CCOC(=O)C(C)CN(CC(N)=O)C1CCCC1. The second-order valence-corrected chi connectivity index (χ2v) is 4.99. The normalized spacial score (nSPS) is 17.9. The molecule has 1 aliphatic carbocycles. The lowest BCUT2D eigenvalue weighted by Crippen LogP contribution is -2.43. The van der Waals surface area contributed by atoms with Crippen molar-refractivity contribution in [2.24, 2.45) is 11.7 Å². The average molecular weight is 256 g/mol. The lowest BCUT2D eigenvalue weighted by Gasteiger charge is -2.29. The van der Waals surface area contributed by atoms with Crippen LogP contribution < -0.4 is 5.73 Å². The summed E-state index contributed by atoms with van der Waals surface area (Å²) in [7, 11) is 0. The van der Waals surface area contributed by atoms with Gasteiger partial charge in [0.1, 0.15) is 0 Å². The minimum atomic E-state index is -0.335. The van der Waals surface area contributed by atoms with E-state index in [0.29, 0.717) is 19.2 Å². The minimum Gasteiger partial charge on any atom is -0.466 e. The molecule has 1 fully saturated rings. The molecule has 0 aliphatic heterocycles. The van der Waals surface area contributed by atoms with Gasteiger partial charge in [-0.2, -0.15) is 0 Å². The molecule has 1 saturated carbocycles. The molecule has 1 rings (SSSR count). The number of hydrogen-bond acceptors (Lipinski definition) is 4. The molecular weight excluding hydrogens is 232 g/mol. The first-order valence-corrected chi connectivity index (χ1v) is 6.73. The van der Waals surface area contributed by atoms with Crippen LogP contribution >= 0.6 is 0 Å². The molecule has 5 nitrogen and oxygen atoms in total. The number of amides is 1. The highest BCUT2D eigenvalue weighted by Crippen LogP contribution is 2.24. The van der Waals surface area contributed by atoms with Crippen LogP contribution in [-0.4, -0.2) is 42.5 Å². The van der Waals surface area contributed by atoms with Crippen molar-refractivity contribution in [3.8, 4) is 0 Å². The van der Waals surface area contributed by atoms with Crippen LogP contribution in [0.25, 0.3) is 0 Å². The number of carbonyl (C=O) groups is 2. The molecule has 0 spiro atoms. The molecule has 0 radical (unpaired) electrons. The molecule has 5 heteroatoms. The summed E-state index contributed by atoms with van der Waals surface area (Å²) in [6.45, 7) is 4.80. The maximum atomic E-state index is 11.6. The molecule has 0 aromatic heterocycles. The Kier molecular flexibility index (Phi) is 6.12. The van der Waals surface area contributed by atoms with Crippen molar-refractivity contribution in [1.82, 2.24) is 4.90 Å². The van der Waals surface area contributed by atoms with E-state index in [1.165, 1.54) is 12.8 Å². The van der Waals surface area contributed by atoms with E-state index in [1.807, 2.05) is 11.8 Å². The molecule has 1 unspecified atom stereocenters. The fourth-order valence-electron chi connectivity index (χ4n) is 2.52. The highest BCUT2D eigenvalue weighted by Gasteiger charge is 2.27. The fraction of sp³-hybridized carbons (Fsp3) is 0.846. The van der Waals surface area contributed by atoms with Crippen molar-refractivity contribution in [2.45, 2.75) is 45.6 Å². The first-order chi connectivity index (χ1) is 8.54. The van der Waals surface area contributed by atoms with E-state index in [1.54, 1.807) is 6.92 Å². The molecule has 1 amide bonds. The summed E-state index contributed by atoms with van der Waals surface area (Å²) >= 11 is 0. The van der Waals surface area contributed by atoms with Crippen molar-refractivity contribution in [2.75, 3.05) is 19.7 Å². The second kappa shape index (κ2) is 7.36. The molecule has 18 heavy (non-hydrogen) atoms. The van der Waals surface area contributed by atoms with E-state index in [4.69, 9.17) is 10.5 Å². The van der Waals surface area contributed by atoms with Crippen LogP contribution in [-0.2, 0) is 14.3 Å². The zero-order chi connectivity index (χ0) is 13.5. The van der Waals surface area contributed by atoms with E-state index in [-0.39, 0.29) is 24.3 Å². The summed E-state index contributed by atoms with van der Waals surface area (Å²) in [5.41, 5.74) is 5.27. The molecule has 0 heterocycles. The van der Waals surface area contributed by atoms with Gasteiger partial charge < -0.3 is 10.5 Å². The summed E-state index contributed by atoms with van der Waals surface area (Å²) < 4.78 is 4.99. The van der Waals surface area contributed by atoms with Crippen molar-refractivity contribution in [1.29, 1.82) is 0 Å². The Bertz CT molecular complexity index is 288. The quantitative estimate of drug-likeness (QED) is 0.687. The fourth-order valence-corrected chi connectivity index (χ4v) is 2.52. The van der Waals surface area contributed by atoms with Crippen molar-refractivity contribution >= 4 is 11.9 Å². The van der Waals surface area contributed by atoms with Crippen LogP contribution in [0.15, 0.2) is 0 Å². The number of esters is 1. The Morgan fingerprint density at radius 3 is 2.50 bits per heavy atom. The highest BCUT2D eigenvalue weighted by atomic mass is 16.5. The summed E-state index contributed by atoms with van der Waals surface area (Å²) in [5.74, 6) is -0.757. The van der Waals surface area contributed by atoms with Crippen molar-refractivity contribution in [3.05, 3.63) is 0 Å². The number of rotatable bonds is 7. The van der Waals surface area contributed by atoms with Crippen molar-refractivity contribution in [3.63, 3.8) is 0 Å². The van der Waals surface area contributed by atoms with E-state index >= 15 is 0 Å². The molecule has 0 saturated heterocycles. The van der Waals surface area contributed by atoms with Gasteiger partial charge in [-0.3, -0.25) is 14.5 Å². The number of nitrogens with zero attached hydrogens (tertiary/aromatic N) is 1. The number of hydrogen-bond donors (Lipinski definition) is 1. The van der Waals surface area contributed by atoms with Gasteiger partial charge >= 0.3 is 5.97 Å². The predicted octanol–water partition coefficient (Wildman–Crippen LogP) is 0.915. The Hall–Kier alpha value is -1.10. The van der Waals surface area contributed by atoms with E-state index in [2.05, 4.69) is 0 Å². The zero-order valence-corrected chi connectivity index (χ0v) is 11.4. The summed E-state index contributed by atoms with van der Waals surface area (Å²) in [5, 5.41) is 0. The largest absolute Gasteiger partial charge is 0.466 e. The van der Waals surface area contributed by atoms with Gasteiger partial charge in [0.2, 0.25) is 5.91 Å². The Balaban J connectivity index is 2.54. The van der Waals surface area contributed by atoms with Gasteiger partial charge in [-0.1, -0.05) is 19.8 Å². The van der Waals surface area contributed by atoms with Crippen LogP contribution in [0.5, 0.6) is 0 Å². The van der Waals surface area contributed by atoms with Crippen molar-refractivity contribution < 1.29 is 14.3 Å². The summed E-state index contributed by atoms with van der Waals surface area (Å²) in [4.78, 5) is 24.8. The second-order valence-electron chi connectivity index (χ2n) is 4.99. The molecule has 0 aromatic carbocycles. The van der Waals surface area contributed by atoms with Crippen LogP contribution in [0.4, 0.5) is 0 Å². The van der Waals surface area contributed by atoms with Gasteiger partial charge in [-0.25, -0.2) is 0 Å². The third-order valence-corrected chi connectivity index (χ3v) is 3.40. The Morgan fingerprint density at radius 2 is 2.00 bits per heavy atom. The zero-order valence-electron chi connectivity index (χ0n) is 11.4. The first-order valence-electron chi connectivity index (χ1n) is 6.73. The molecule has 1 atom stereocenters. The van der Waals surface area contributed by atoms with Gasteiger partial charge in [-0.15, -0.1) is 0 Å². The van der Waals surface area contributed by atoms with Crippen LogP contribution in [0.3, 0.4) is 0 Å². The first kappa shape index (κ1) is 15.0. The highest BCUT2D eigenvalue weighted by molar-refractivity contribution is 5.76. The Morgan fingerprint density at radius 1 is 1.39 bits per heavy atom. The smallest absolute Gasteiger partial charge is 0.309 e. The maximum absolute atomic E-state index is 11.6. The predicted molar refractivity (Wildman–Crippen MR) is 68.8 cm³/mol. The molecule has 1 aliphatic rings. The van der Waals surface area contributed by atoms with Gasteiger partial charge in [-0.05, 0) is 19.8 Å². The van der Waals surface area contributed by atoms with E-state index in [9.17, 15) is 9.59 Å². The molecule has 0 aromatic rings. The number of carbonyl (C=O) groups excluding carboxylic acids is 2. The van der Waals surface area contributed by atoms with Gasteiger partial charge in [0.25, 0.3) is 0 Å². The lowest BCUT2D eigenvalue weighted by atomic mass is 10.1. The summed E-state index contributed by atoms with van der Waals surface area (Å²) in [6, 6.07) is 0.384. The van der Waals surface area contributed by atoms with E-state index in [0.717, 1.165) is 12.8 Å². The number of ether oxygens (including phenoxy) is 1. The lowest BCUT2D eigenvalue weighted by molar-refractivity contribution is -0.148. The minimum absolute atomic E-state index is 0.204. The van der Waals surface area contributed by atoms with Gasteiger partial charge in [0.05, 0.1) is 19.1 Å². The molecular formula is C13H24N2O3. The van der Waals surface area contributed by atoms with Gasteiger partial charge in [0.15, 0.2) is 0 Å². The third kappa shape index (κ3) is 4.64. The van der Waals surface area contributed by atoms with Crippen LogP contribution in [0.1, 0.15) is 39.5 Å². The van der Waals surface area contributed by atoms with Crippen LogP contribution in [0.2, 0.25) is 0 Å². The maximum Gasteiger partial charge on any atom is 0.309 e. The van der Waals surface area contributed by atoms with Gasteiger partial charge in [0, 0.05) is 12.6 Å². The topological polar surface area (TPSA) is 72.6 Å². The molecule has 2 N–H and O–H groups in total. The summed E-state index contributed by atoms with van der Waals surface area (Å²) in [6.07, 6.45) is 4.55. The third-order valence-electron chi connectivity index (χ3n) is 3.40. The average Bonchev–Trinajstić information content (AvgIpc) is 2.81. The molecule has 0 bridgehead atoms. The van der Waals surface area contributed by atoms with Crippen LogP contribution in [0, 0.1) is 5.92 Å². The Labute approximate surface area is 109 Å². The standard InChI is InChI=1S/C13H24N2O3/c1-3-18-13(17)10(2)8-15(9-12(14)16)11-6-4-5-7-11/h10-11H,3-9H2,1-2H3,(H2,14,16). The number of nitrogens with two attached hydrogens (primary N) is 1. The molecule has 104 valence electrons.